The van der Waals surface area contributed by atoms with Crippen LogP contribution in [0.1, 0.15) is 31.4 Å². The van der Waals surface area contributed by atoms with Crippen LogP contribution in [0.25, 0.3) is 0 Å². The second kappa shape index (κ2) is 6.67. The van der Waals surface area contributed by atoms with E-state index in [-0.39, 0.29) is 17.8 Å². The van der Waals surface area contributed by atoms with Gasteiger partial charge in [-0.05, 0) is 26.8 Å². The van der Waals surface area contributed by atoms with Gasteiger partial charge in [0.2, 0.25) is 11.7 Å². The number of carbonyl (C=O) groups excluding carboxylic acids is 2. The minimum Gasteiger partial charge on any atom is -0.463 e. The van der Waals surface area contributed by atoms with E-state index in [0.717, 1.165) is 0 Å². The molecule has 0 radical (unpaired) electrons. The van der Waals surface area contributed by atoms with Crippen molar-refractivity contribution in [2.24, 2.45) is 0 Å². The maximum absolute atomic E-state index is 11.7. The molecule has 0 spiro atoms. The van der Waals surface area contributed by atoms with Gasteiger partial charge in [0, 0.05) is 12.2 Å². The minimum atomic E-state index is -0.622. The zero-order chi connectivity index (χ0) is 14.4. The van der Waals surface area contributed by atoms with Crippen LogP contribution in [0.2, 0.25) is 0 Å². The second-order valence-corrected chi connectivity index (χ2v) is 4.29. The lowest BCUT2D eigenvalue weighted by atomic mass is 10.3. The van der Waals surface area contributed by atoms with Gasteiger partial charge < -0.3 is 15.4 Å². The Hall–Kier alpha value is -2.18. The molecule has 0 aliphatic carbocycles. The molecule has 19 heavy (non-hydrogen) atoms. The van der Waals surface area contributed by atoms with Crippen LogP contribution in [0.4, 0.5) is 5.82 Å². The van der Waals surface area contributed by atoms with Gasteiger partial charge in [-0.25, -0.2) is 14.8 Å². The largest absolute Gasteiger partial charge is 0.463 e. The van der Waals surface area contributed by atoms with Gasteiger partial charge in [-0.3, -0.25) is 4.79 Å². The van der Waals surface area contributed by atoms with E-state index in [9.17, 15) is 9.59 Å². The summed E-state index contributed by atoms with van der Waals surface area (Å²) in [6, 6.07) is 1.17. The molecule has 1 aromatic heterocycles. The first-order valence-corrected chi connectivity index (χ1v) is 5.92. The maximum atomic E-state index is 11.7. The fourth-order valence-electron chi connectivity index (χ4n) is 1.33. The highest BCUT2D eigenvalue weighted by atomic mass is 16.5. The van der Waals surface area contributed by atoms with Crippen molar-refractivity contribution < 1.29 is 14.3 Å². The Morgan fingerprint density at radius 2 is 2.00 bits per heavy atom. The number of hydrogen-bond donors (Lipinski definition) is 2. The monoisotopic (exact) mass is 266 g/mol. The molecule has 0 saturated heterocycles. The number of carbonyl (C=O) groups is 2. The summed E-state index contributed by atoms with van der Waals surface area (Å²) < 4.78 is 4.53. The van der Waals surface area contributed by atoms with E-state index < -0.39 is 12.0 Å². The molecule has 1 aromatic rings. The number of methoxy groups -OCH3 is 1. The van der Waals surface area contributed by atoms with Gasteiger partial charge in [0.05, 0.1) is 7.11 Å². The molecule has 1 atom stereocenters. The Morgan fingerprint density at radius 3 is 2.58 bits per heavy atom. The number of hydrogen-bond acceptors (Lipinski definition) is 6. The number of aromatic nitrogens is 2. The molecule has 104 valence electrons. The first kappa shape index (κ1) is 14.9. The van der Waals surface area contributed by atoms with Crippen LogP contribution in [0.3, 0.4) is 0 Å². The number of ether oxygens (including phenoxy) is 1. The molecule has 0 saturated carbocycles. The number of nitrogens with one attached hydrogen (secondary N) is 2. The van der Waals surface area contributed by atoms with E-state index in [1.54, 1.807) is 13.0 Å². The van der Waals surface area contributed by atoms with E-state index in [0.29, 0.717) is 5.82 Å². The van der Waals surface area contributed by atoms with Crippen LogP contribution in [-0.2, 0) is 9.53 Å². The summed E-state index contributed by atoms with van der Waals surface area (Å²) in [5.74, 6) is -0.429. The van der Waals surface area contributed by atoms with E-state index >= 15 is 0 Å². The zero-order valence-corrected chi connectivity index (χ0v) is 11.4. The predicted molar refractivity (Wildman–Crippen MR) is 69.7 cm³/mol. The summed E-state index contributed by atoms with van der Waals surface area (Å²) in [5.41, 5.74) is 0. The van der Waals surface area contributed by atoms with E-state index in [4.69, 9.17) is 0 Å². The molecule has 0 aliphatic rings. The van der Waals surface area contributed by atoms with Gasteiger partial charge in [-0.1, -0.05) is 0 Å². The Kier molecular flexibility index (Phi) is 5.23. The summed E-state index contributed by atoms with van der Waals surface area (Å²) in [5, 5.41) is 5.67. The van der Waals surface area contributed by atoms with Crippen molar-refractivity contribution in [2.75, 3.05) is 12.4 Å². The first-order chi connectivity index (χ1) is 8.93. The molecular formula is C12H18N4O3. The van der Waals surface area contributed by atoms with Gasteiger partial charge in [0.1, 0.15) is 11.9 Å². The van der Waals surface area contributed by atoms with Gasteiger partial charge in [0.15, 0.2) is 0 Å². The summed E-state index contributed by atoms with van der Waals surface area (Å²) in [6.45, 7) is 5.47. The highest BCUT2D eigenvalue weighted by Crippen LogP contribution is 2.05. The number of amides is 1. The molecule has 1 unspecified atom stereocenters. The lowest BCUT2D eigenvalue weighted by molar-refractivity contribution is -0.122. The Morgan fingerprint density at radius 1 is 1.32 bits per heavy atom. The molecule has 1 heterocycles. The highest BCUT2D eigenvalue weighted by molar-refractivity contribution is 5.86. The molecule has 0 aliphatic heterocycles. The predicted octanol–water partition coefficient (Wildman–Crippen LogP) is 0.588. The van der Waals surface area contributed by atoms with Crippen molar-refractivity contribution in [1.29, 1.82) is 0 Å². The number of nitrogens with zero attached hydrogens (tertiary/aromatic N) is 2. The molecule has 0 aromatic carbocycles. The van der Waals surface area contributed by atoms with E-state index in [1.807, 2.05) is 13.8 Å². The van der Waals surface area contributed by atoms with Crippen LogP contribution in [-0.4, -0.2) is 41.0 Å². The van der Waals surface area contributed by atoms with Crippen LogP contribution in [0, 0.1) is 0 Å². The average Bonchev–Trinajstić information content (AvgIpc) is 2.37. The van der Waals surface area contributed by atoms with Crippen molar-refractivity contribution >= 4 is 17.7 Å². The van der Waals surface area contributed by atoms with Crippen molar-refractivity contribution in [3.05, 3.63) is 18.1 Å². The molecule has 0 fully saturated rings. The van der Waals surface area contributed by atoms with Crippen molar-refractivity contribution in [2.45, 2.75) is 32.9 Å². The van der Waals surface area contributed by atoms with Gasteiger partial charge in [-0.2, -0.15) is 0 Å². The molecule has 7 heteroatoms. The fourth-order valence-corrected chi connectivity index (χ4v) is 1.33. The fraction of sp³-hybridized carbons (Fsp3) is 0.500. The third-order valence-corrected chi connectivity index (χ3v) is 2.21. The van der Waals surface area contributed by atoms with Gasteiger partial charge in [-0.15, -0.1) is 0 Å². The van der Waals surface area contributed by atoms with Gasteiger partial charge >= 0.3 is 5.97 Å². The van der Waals surface area contributed by atoms with Crippen molar-refractivity contribution in [1.82, 2.24) is 15.3 Å². The molecule has 1 amide bonds. The Balaban J connectivity index is 2.71. The Labute approximate surface area is 111 Å². The summed E-state index contributed by atoms with van der Waals surface area (Å²) in [7, 11) is 1.25. The number of anilines is 1. The first-order valence-electron chi connectivity index (χ1n) is 5.92. The van der Waals surface area contributed by atoms with Crippen molar-refractivity contribution in [3.8, 4) is 0 Å². The summed E-state index contributed by atoms with van der Waals surface area (Å²) in [6.07, 6.45) is 1.43. The lowest BCUT2D eigenvalue weighted by Gasteiger charge is -2.16. The van der Waals surface area contributed by atoms with Gasteiger partial charge in [0.25, 0.3) is 0 Å². The van der Waals surface area contributed by atoms with E-state index in [1.165, 1.54) is 13.3 Å². The normalized spacial score (nSPS) is 11.8. The third kappa shape index (κ3) is 4.53. The molecule has 7 nitrogen and oxygen atoms in total. The quantitative estimate of drug-likeness (QED) is 0.758. The Bertz CT molecular complexity index is 462. The smallest absolute Gasteiger partial charge is 0.376 e. The molecule has 0 bridgehead atoms. The van der Waals surface area contributed by atoms with Crippen LogP contribution < -0.4 is 10.6 Å². The third-order valence-electron chi connectivity index (χ3n) is 2.21. The topological polar surface area (TPSA) is 93.2 Å². The molecule has 2 N–H and O–H groups in total. The standard InChI is InChI=1S/C12H18N4O3/c1-7(2)14-11(17)8(3)15-9-5-6-13-10(16-9)12(18)19-4/h5-8H,1-4H3,(H,14,17)(H,13,15,16). The summed E-state index contributed by atoms with van der Waals surface area (Å²) in [4.78, 5) is 30.8. The maximum Gasteiger partial charge on any atom is 0.376 e. The van der Waals surface area contributed by atoms with Crippen molar-refractivity contribution in [3.63, 3.8) is 0 Å². The van der Waals surface area contributed by atoms with Crippen LogP contribution >= 0.6 is 0 Å². The zero-order valence-electron chi connectivity index (χ0n) is 11.4. The number of esters is 1. The SMILES string of the molecule is COC(=O)c1nccc(NC(C)C(=O)NC(C)C)n1. The van der Waals surface area contributed by atoms with Crippen LogP contribution in [0.5, 0.6) is 0 Å². The van der Waals surface area contributed by atoms with E-state index in [2.05, 4.69) is 25.3 Å². The summed E-state index contributed by atoms with van der Waals surface area (Å²) >= 11 is 0. The molecule has 1 rings (SSSR count). The van der Waals surface area contributed by atoms with Crippen LogP contribution in [0.15, 0.2) is 12.3 Å². The average molecular weight is 266 g/mol. The minimum absolute atomic E-state index is 0.0519. The highest BCUT2D eigenvalue weighted by Gasteiger charge is 2.15. The lowest BCUT2D eigenvalue weighted by Crippen LogP contribution is -2.41. The molecular weight excluding hydrogens is 248 g/mol. The second-order valence-electron chi connectivity index (χ2n) is 4.29. The number of rotatable bonds is 5.